The monoisotopic (exact) mass is 403 g/mol. The molecule has 1 saturated heterocycles. The van der Waals surface area contributed by atoms with Gasteiger partial charge in [0.15, 0.2) is 5.16 Å². The minimum atomic E-state index is -0.536. The fourth-order valence-electron chi connectivity index (χ4n) is 3.70. The van der Waals surface area contributed by atoms with Gasteiger partial charge in [-0.25, -0.2) is 4.98 Å². The van der Waals surface area contributed by atoms with Gasteiger partial charge < -0.3 is 9.64 Å². The number of aromatic nitrogens is 2. The number of ether oxygens (including phenoxy) is 1. The first kappa shape index (κ1) is 20.4. The van der Waals surface area contributed by atoms with Crippen LogP contribution < -0.4 is 5.56 Å². The van der Waals surface area contributed by atoms with Crippen molar-refractivity contribution in [3.63, 3.8) is 0 Å². The molecule has 3 rings (SSSR count). The molecular weight excluding hydrogens is 378 g/mol. The quantitative estimate of drug-likeness (QED) is 0.433. The number of hydrogen-bond acceptors (Lipinski definition) is 6. The number of thioether (sulfide) groups is 1. The molecule has 1 aliphatic rings. The lowest BCUT2D eigenvalue weighted by molar-refractivity contribution is -0.141. The molecule has 0 aliphatic carbocycles. The summed E-state index contributed by atoms with van der Waals surface area (Å²) in [5, 5.41) is 0.778. The molecule has 8 heteroatoms. The number of amides is 1. The Morgan fingerprint density at radius 3 is 2.57 bits per heavy atom. The molecule has 0 radical (unpaired) electrons. The smallest absolute Gasteiger partial charge is 0.325 e. The zero-order chi connectivity index (χ0) is 20.3. The van der Waals surface area contributed by atoms with Gasteiger partial charge in [0, 0.05) is 12.1 Å². The lowest BCUT2D eigenvalue weighted by Gasteiger charge is -2.39. The first-order valence-corrected chi connectivity index (χ1v) is 10.4. The van der Waals surface area contributed by atoms with Crippen LogP contribution in [-0.4, -0.2) is 51.3 Å². The fourth-order valence-corrected chi connectivity index (χ4v) is 4.57. The van der Waals surface area contributed by atoms with Crippen LogP contribution in [0.2, 0.25) is 0 Å². The molecule has 1 amide bonds. The zero-order valence-corrected chi connectivity index (χ0v) is 17.2. The van der Waals surface area contributed by atoms with Crippen LogP contribution in [0.15, 0.2) is 34.2 Å². The van der Waals surface area contributed by atoms with E-state index in [2.05, 4.69) is 18.8 Å². The van der Waals surface area contributed by atoms with Gasteiger partial charge in [-0.05, 0) is 45.2 Å². The predicted molar refractivity (Wildman–Crippen MR) is 108 cm³/mol. The second-order valence-corrected chi connectivity index (χ2v) is 8.04. The summed E-state index contributed by atoms with van der Waals surface area (Å²) in [6.07, 6.45) is 3.13. The molecule has 0 saturated carbocycles. The van der Waals surface area contributed by atoms with Crippen molar-refractivity contribution in [2.75, 3.05) is 12.9 Å². The Balaban J connectivity index is 1.88. The standard InChI is InChI=1S/C20H25N3O4S/c1-13-7-6-8-14(2)23(13)17(24)12-28-20-21-16-10-5-4-9-15(16)19(26)22(20)11-18(25)27-3/h4-5,9-10,13-14H,6-8,11-12H2,1-3H3/t13-,14-/m1/s1. The second-order valence-electron chi connectivity index (χ2n) is 7.10. The lowest BCUT2D eigenvalue weighted by atomic mass is 9.98. The lowest BCUT2D eigenvalue weighted by Crippen LogP contribution is -2.48. The summed E-state index contributed by atoms with van der Waals surface area (Å²) >= 11 is 1.19. The van der Waals surface area contributed by atoms with Crippen molar-refractivity contribution in [2.24, 2.45) is 0 Å². The number of carbonyl (C=O) groups excluding carboxylic acids is 2. The Labute approximate surface area is 168 Å². The topological polar surface area (TPSA) is 81.5 Å². The van der Waals surface area contributed by atoms with Gasteiger partial charge in [-0.2, -0.15) is 0 Å². The van der Waals surface area contributed by atoms with Crippen LogP contribution in [0.5, 0.6) is 0 Å². The number of esters is 1. The summed E-state index contributed by atoms with van der Waals surface area (Å²) in [7, 11) is 1.28. The highest BCUT2D eigenvalue weighted by Gasteiger charge is 2.29. The highest BCUT2D eigenvalue weighted by Crippen LogP contribution is 2.25. The Morgan fingerprint density at radius 1 is 1.21 bits per heavy atom. The van der Waals surface area contributed by atoms with Crippen molar-refractivity contribution >= 4 is 34.5 Å². The van der Waals surface area contributed by atoms with Crippen LogP contribution >= 0.6 is 11.8 Å². The highest BCUT2D eigenvalue weighted by atomic mass is 32.2. The Morgan fingerprint density at radius 2 is 1.89 bits per heavy atom. The van der Waals surface area contributed by atoms with Gasteiger partial charge in [0.25, 0.3) is 5.56 Å². The van der Waals surface area contributed by atoms with Crippen LogP contribution in [0, 0.1) is 0 Å². The van der Waals surface area contributed by atoms with E-state index in [4.69, 9.17) is 4.74 Å². The van der Waals surface area contributed by atoms with Crippen molar-refractivity contribution < 1.29 is 14.3 Å². The molecule has 1 fully saturated rings. The van der Waals surface area contributed by atoms with E-state index in [9.17, 15) is 14.4 Å². The van der Waals surface area contributed by atoms with Gasteiger partial charge in [-0.15, -0.1) is 0 Å². The van der Waals surface area contributed by atoms with E-state index in [0.717, 1.165) is 19.3 Å². The summed E-state index contributed by atoms with van der Waals surface area (Å²) in [5.74, 6) is -0.344. The Bertz CT molecular complexity index is 933. The van der Waals surface area contributed by atoms with Crippen LogP contribution in [-0.2, 0) is 20.9 Å². The Hall–Kier alpha value is -2.35. The molecule has 1 aromatic carbocycles. The van der Waals surface area contributed by atoms with Gasteiger partial charge in [-0.1, -0.05) is 23.9 Å². The molecule has 2 heterocycles. The number of nitrogens with zero attached hydrogens (tertiary/aromatic N) is 3. The fraction of sp³-hybridized carbons (Fsp3) is 0.500. The van der Waals surface area contributed by atoms with Crippen LogP contribution in [0.3, 0.4) is 0 Å². The minimum absolute atomic E-state index is 0.0247. The average molecular weight is 404 g/mol. The molecule has 0 bridgehead atoms. The molecule has 150 valence electrons. The zero-order valence-electron chi connectivity index (χ0n) is 16.4. The average Bonchev–Trinajstić information content (AvgIpc) is 2.68. The second kappa shape index (κ2) is 8.77. The minimum Gasteiger partial charge on any atom is -0.468 e. The van der Waals surface area contributed by atoms with E-state index >= 15 is 0 Å². The molecule has 2 aromatic rings. The van der Waals surface area contributed by atoms with E-state index in [-0.39, 0.29) is 35.8 Å². The van der Waals surface area contributed by atoms with Crippen molar-refractivity contribution in [1.82, 2.24) is 14.5 Å². The first-order valence-electron chi connectivity index (χ1n) is 9.42. The van der Waals surface area contributed by atoms with Crippen molar-refractivity contribution in [3.8, 4) is 0 Å². The van der Waals surface area contributed by atoms with Crippen LogP contribution in [0.4, 0.5) is 0 Å². The summed E-state index contributed by atoms with van der Waals surface area (Å²) in [6, 6.07) is 7.39. The van der Waals surface area contributed by atoms with E-state index in [1.165, 1.54) is 23.4 Å². The van der Waals surface area contributed by atoms with Crippen LogP contribution in [0.25, 0.3) is 10.9 Å². The summed E-state index contributed by atoms with van der Waals surface area (Å²) in [4.78, 5) is 43.9. The molecule has 1 aliphatic heterocycles. The molecule has 2 atom stereocenters. The van der Waals surface area contributed by atoms with Crippen LogP contribution in [0.1, 0.15) is 33.1 Å². The molecule has 1 aromatic heterocycles. The molecule has 7 nitrogen and oxygen atoms in total. The molecule has 0 unspecified atom stereocenters. The van der Waals surface area contributed by atoms with E-state index < -0.39 is 5.97 Å². The van der Waals surface area contributed by atoms with Gasteiger partial charge in [-0.3, -0.25) is 19.0 Å². The number of benzene rings is 1. The summed E-state index contributed by atoms with van der Waals surface area (Å²) in [6.45, 7) is 3.90. The normalized spacial score (nSPS) is 19.6. The van der Waals surface area contributed by atoms with Crippen molar-refractivity contribution in [3.05, 3.63) is 34.6 Å². The maximum absolute atomic E-state index is 12.9. The SMILES string of the molecule is COC(=O)Cn1c(SCC(=O)N2[C@H](C)CCC[C@H]2C)nc2ccccc2c1=O. The number of carbonyl (C=O) groups is 2. The maximum atomic E-state index is 12.9. The van der Waals surface area contributed by atoms with E-state index in [0.29, 0.717) is 16.1 Å². The third-order valence-corrected chi connectivity index (χ3v) is 6.11. The van der Waals surface area contributed by atoms with Gasteiger partial charge in [0.2, 0.25) is 5.91 Å². The van der Waals surface area contributed by atoms with Crippen molar-refractivity contribution in [1.29, 1.82) is 0 Å². The maximum Gasteiger partial charge on any atom is 0.325 e. The number of fused-ring (bicyclic) bond motifs is 1. The molecule has 0 spiro atoms. The largest absolute Gasteiger partial charge is 0.468 e. The number of rotatable bonds is 5. The van der Waals surface area contributed by atoms with Crippen molar-refractivity contribution in [2.45, 2.75) is 56.9 Å². The highest BCUT2D eigenvalue weighted by molar-refractivity contribution is 7.99. The van der Waals surface area contributed by atoms with E-state index in [1.807, 2.05) is 4.90 Å². The van der Waals surface area contributed by atoms with Gasteiger partial charge >= 0.3 is 5.97 Å². The first-order chi connectivity index (χ1) is 13.4. The number of likely N-dealkylation sites (tertiary alicyclic amines) is 1. The number of para-hydroxylation sites is 1. The third-order valence-electron chi connectivity index (χ3n) is 5.15. The molecule has 28 heavy (non-hydrogen) atoms. The van der Waals surface area contributed by atoms with Gasteiger partial charge in [0.05, 0.1) is 23.8 Å². The third kappa shape index (κ3) is 4.22. The number of piperidine rings is 1. The number of hydrogen-bond donors (Lipinski definition) is 0. The predicted octanol–water partition coefficient (Wildman–Crippen LogP) is 2.45. The summed E-state index contributed by atoms with van der Waals surface area (Å²) < 4.78 is 6.00. The summed E-state index contributed by atoms with van der Waals surface area (Å²) in [5.41, 5.74) is 0.230. The molecule has 0 N–H and O–H groups in total. The molecular formula is C20H25N3O4S. The number of methoxy groups -OCH3 is 1. The Kier molecular flexibility index (Phi) is 6.39. The van der Waals surface area contributed by atoms with Gasteiger partial charge in [0.1, 0.15) is 6.54 Å². The van der Waals surface area contributed by atoms with E-state index in [1.54, 1.807) is 24.3 Å².